The Bertz CT molecular complexity index is 441. The van der Waals surface area contributed by atoms with Gasteiger partial charge in [0.25, 0.3) is 0 Å². The Morgan fingerprint density at radius 3 is 1.89 bits per heavy atom. The Kier molecular flexibility index (Phi) is 11.0. The molecule has 0 heterocycles. The number of benzene rings is 1. The van der Waals surface area contributed by atoms with Gasteiger partial charge >= 0.3 is 59.1 Å². The van der Waals surface area contributed by atoms with Gasteiger partial charge < -0.3 is 19.8 Å². The molecular weight excluding hydrogens is 254 g/mol. The number of carboxylic acid groups (broad SMARTS) is 2. The summed E-state index contributed by atoms with van der Waals surface area (Å²) >= 11 is 0. The standard InChI is InChI=1S/C12H12O4.2Na/c1-8(11(13)14)10(12(15)16)7-9-5-3-2-4-6-9;;/h2-6H,7H2,1H3,(H,13,14)(H,15,16);;/q;2*+1/p-2. The van der Waals surface area contributed by atoms with Crippen molar-refractivity contribution < 1.29 is 78.9 Å². The molecule has 0 amide bonds. The second kappa shape index (κ2) is 9.78. The summed E-state index contributed by atoms with van der Waals surface area (Å²) in [4.78, 5) is 21.4. The molecular formula is C12H10Na2O4. The summed E-state index contributed by atoms with van der Waals surface area (Å²) in [7, 11) is 0. The molecule has 0 radical (unpaired) electrons. The number of aliphatic carboxylic acids is 2. The summed E-state index contributed by atoms with van der Waals surface area (Å²) in [6.45, 7) is 1.20. The van der Waals surface area contributed by atoms with Crippen molar-refractivity contribution in [3.8, 4) is 0 Å². The third-order valence-electron chi connectivity index (χ3n) is 2.23. The molecule has 0 aliphatic heterocycles. The SMILES string of the molecule is CC(C(=O)[O-])=C(Cc1ccccc1)C(=O)[O-].[Na+].[Na+]. The third kappa shape index (κ3) is 6.18. The van der Waals surface area contributed by atoms with Crippen molar-refractivity contribution in [3.63, 3.8) is 0 Å². The normalized spacial score (nSPS) is 10.5. The molecule has 0 atom stereocenters. The first-order valence-corrected chi connectivity index (χ1v) is 4.68. The van der Waals surface area contributed by atoms with E-state index in [1.165, 1.54) is 6.92 Å². The van der Waals surface area contributed by atoms with Crippen molar-refractivity contribution in [1.29, 1.82) is 0 Å². The van der Waals surface area contributed by atoms with Crippen LogP contribution in [-0.4, -0.2) is 11.9 Å². The third-order valence-corrected chi connectivity index (χ3v) is 2.23. The second-order valence-corrected chi connectivity index (χ2v) is 3.34. The Morgan fingerprint density at radius 1 is 1.00 bits per heavy atom. The fourth-order valence-electron chi connectivity index (χ4n) is 1.28. The van der Waals surface area contributed by atoms with Gasteiger partial charge in [0, 0.05) is 0 Å². The Morgan fingerprint density at radius 2 is 1.50 bits per heavy atom. The molecule has 0 unspecified atom stereocenters. The van der Waals surface area contributed by atoms with Gasteiger partial charge in [-0.05, 0) is 30.1 Å². The summed E-state index contributed by atoms with van der Waals surface area (Å²) in [6, 6.07) is 8.71. The van der Waals surface area contributed by atoms with Crippen molar-refractivity contribution in [3.05, 3.63) is 47.0 Å². The van der Waals surface area contributed by atoms with E-state index in [4.69, 9.17) is 0 Å². The predicted octanol–water partition coefficient (Wildman–Crippen LogP) is -6.95. The molecule has 0 saturated heterocycles. The van der Waals surface area contributed by atoms with Crippen LogP contribution in [0.3, 0.4) is 0 Å². The average molecular weight is 264 g/mol. The zero-order chi connectivity index (χ0) is 12.1. The van der Waals surface area contributed by atoms with E-state index in [9.17, 15) is 19.8 Å². The number of hydrogen-bond donors (Lipinski definition) is 0. The van der Waals surface area contributed by atoms with Gasteiger partial charge in [0.2, 0.25) is 0 Å². The van der Waals surface area contributed by atoms with Crippen LogP contribution in [0.15, 0.2) is 41.5 Å². The van der Waals surface area contributed by atoms with E-state index >= 15 is 0 Å². The van der Waals surface area contributed by atoms with Gasteiger partial charge in [-0.15, -0.1) is 0 Å². The zero-order valence-electron chi connectivity index (χ0n) is 10.7. The maximum Gasteiger partial charge on any atom is 1.00 e. The molecule has 0 saturated carbocycles. The van der Waals surface area contributed by atoms with Crippen molar-refractivity contribution in [1.82, 2.24) is 0 Å². The number of hydrogen-bond acceptors (Lipinski definition) is 4. The molecule has 1 aromatic rings. The van der Waals surface area contributed by atoms with Crippen LogP contribution in [0.25, 0.3) is 0 Å². The van der Waals surface area contributed by atoms with E-state index < -0.39 is 11.9 Å². The van der Waals surface area contributed by atoms with E-state index in [0.717, 1.165) is 0 Å². The van der Waals surface area contributed by atoms with Gasteiger partial charge in [-0.3, -0.25) is 0 Å². The van der Waals surface area contributed by atoms with Crippen molar-refractivity contribution in [2.75, 3.05) is 0 Å². The molecule has 6 heteroatoms. The zero-order valence-corrected chi connectivity index (χ0v) is 14.7. The van der Waals surface area contributed by atoms with Crippen LogP contribution in [-0.2, 0) is 16.0 Å². The van der Waals surface area contributed by atoms with Crippen LogP contribution in [0.2, 0.25) is 0 Å². The van der Waals surface area contributed by atoms with Crippen LogP contribution >= 0.6 is 0 Å². The average Bonchev–Trinajstić information content (AvgIpc) is 2.26. The first-order chi connectivity index (χ1) is 7.52. The molecule has 0 bridgehead atoms. The number of carbonyl (C=O) groups excluding carboxylic acids is 2. The molecule has 0 spiro atoms. The van der Waals surface area contributed by atoms with E-state index in [0.29, 0.717) is 5.56 Å². The second-order valence-electron chi connectivity index (χ2n) is 3.34. The minimum Gasteiger partial charge on any atom is -0.545 e. The van der Waals surface area contributed by atoms with Gasteiger partial charge in [0.15, 0.2) is 0 Å². The predicted molar refractivity (Wildman–Crippen MR) is 52.9 cm³/mol. The minimum absolute atomic E-state index is 0. The number of rotatable bonds is 4. The van der Waals surface area contributed by atoms with Crippen LogP contribution in [0.4, 0.5) is 0 Å². The molecule has 1 aromatic carbocycles. The van der Waals surface area contributed by atoms with E-state index in [-0.39, 0.29) is 76.7 Å². The summed E-state index contributed by atoms with van der Waals surface area (Å²) < 4.78 is 0. The van der Waals surface area contributed by atoms with E-state index in [2.05, 4.69) is 0 Å². The first kappa shape index (κ1) is 20.2. The van der Waals surface area contributed by atoms with Crippen LogP contribution in [0.1, 0.15) is 12.5 Å². The molecule has 0 aliphatic carbocycles. The van der Waals surface area contributed by atoms with Crippen molar-refractivity contribution >= 4 is 11.9 Å². The van der Waals surface area contributed by atoms with Crippen molar-refractivity contribution in [2.45, 2.75) is 13.3 Å². The van der Waals surface area contributed by atoms with Gasteiger partial charge in [0.05, 0.1) is 11.9 Å². The van der Waals surface area contributed by atoms with Gasteiger partial charge in [-0.1, -0.05) is 30.3 Å². The van der Waals surface area contributed by atoms with Gasteiger partial charge in [0.1, 0.15) is 0 Å². The quantitative estimate of drug-likeness (QED) is 0.400. The van der Waals surface area contributed by atoms with E-state index in [1.54, 1.807) is 30.3 Å². The maximum absolute atomic E-state index is 10.8. The van der Waals surface area contributed by atoms with Crippen LogP contribution in [0.5, 0.6) is 0 Å². The van der Waals surface area contributed by atoms with Crippen molar-refractivity contribution in [2.24, 2.45) is 0 Å². The molecule has 1 rings (SSSR count). The van der Waals surface area contributed by atoms with E-state index in [1.807, 2.05) is 0 Å². The van der Waals surface area contributed by atoms with Gasteiger partial charge in [-0.25, -0.2) is 0 Å². The minimum atomic E-state index is -1.49. The first-order valence-electron chi connectivity index (χ1n) is 4.68. The molecule has 84 valence electrons. The molecule has 0 aromatic heterocycles. The Balaban J connectivity index is 0. The topological polar surface area (TPSA) is 80.3 Å². The molecule has 0 fully saturated rings. The molecule has 0 aliphatic rings. The Hall–Kier alpha value is -0.1000. The molecule has 4 nitrogen and oxygen atoms in total. The fourth-order valence-corrected chi connectivity index (χ4v) is 1.28. The number of carbonyl (C=O) groups is 2. The molecule has 18 heavy (non-hydrogen) atoms. The fraction of sp³-hybridized carbons (Fsp3) is 0.167. The van der Waals surface area contributed by atoms with Crippen LogP contribution < -0.4 is 69.3 Å². The summed E-state index contributed by atoms with van der Waals surface area (Å²) in [5.41, 5.74) is 0.150. The summed E-state index contributed by atoms with van der Waals surface area (Å²) in [5.74, 6) is -2.97. The summed E-state index contributed by atoms with van der Waals surface area (Å²) in [6.07, 6.45) is 0.0169. The number of carboxylic acids is 2. The van der Waals surface area contributed by atoms with Crippen LogP contribution in [0, 0.1) is 0 Å². The smallest absolute Gasteiger partial charge is 0.545 e. The van der Waals surface area contributed by atoms with Gasteiger partial charge in [-0.2, -0.15) is 0 Å². The summed E-state index contributed by atoms with van der Waals surface area (Å²) in [5, 5.41) is 21.4. The molecule has 0 N–H and O–H groups in total. The monoisotopic (exact) mass is 264 g/mol. The maximum atomic E-state index is 10.8. The Labute approximate surface area is 150 Å². The largest absolute Gasteiger partial charge is 1.00 e.